The van der Waals surface area contributed by atoms with Crippen molar-refractivity contribution in [1.29, 1.82) is 0 Å². The summed E-state index contributed by atoms with van der Waals surface area (Å²) in [6.07, 6.45) is 8.61. The Hall–Kier alpha value is -0.340. The Bertz CT molecular complexity index is 341. The summed E-state index contributed by atoms with van der Waals surface area (Å²) in [5.74, 6) is 0.975. The van der Waals surface area contributed by atoms with E-state index in [0.29, 0.717) is 6.04 Å². The summed E-state index contributed by atoms with van der Waals surface area (Å²) >= 11 is 3.48. The first kappa shape index (κ1) is 14.1. The van der Waals surface area contributed by atoms with Crippen molar-refractivity contribution in [3.05, 3.63) is 34.3 Å². The zero-order valence-electron chi connectivity index (χ0n) is 11.3. The molecule has 1 atom stereocenters. The van der Waals surface area contributed by atoms with E-state index < -0.39 is 0 Å². The molecule has 1 saturated carbocycles. The van der Waals surface area contributed by atoms with E-state index in [-0.39, 0.29) is 0 Å². The molecule has 0 aromatic heterocycles. The lowest BCUT2D eigenvalue weighted by Gasteiger charge is -2.22. The van der Waals surface area contributed by atoms with E-state index in [4.69, 9.17) is 0 Å². The van der Waals surface area contributed by atoms with Gasteiger partial charge in [-0.15, -0.1) is 0 Å². The van der Waals surface area contributed by atoms with Gasteiger partial charge in [-0.1, -0.05) is 60.2 Å². The monoisotopic (exact) mass is 309 g/mol. The Morgan fingerprint density at radius 2 is 1.83 bits per heavy atom. The number of rotatable bonds is 5. The van der Waals surface area contributed by atoms with Crippen LogP contribution in [0.1, 0.15) is 57.1 Å². The van der Waals surface area contributed by atoms with E-state index in [0.717, 1.165) is 16.9 Å². The lowest BCUT2D eigenvalue weighted by atomic mass is 9.87. The lowest BCUT2D eigenvalue weighted by Crippen LogP contribution is -2.22. The maximum atomic E-state index is 3.65. The van der Waals surface area contributed by atoms with Crippen LogP contribution in [0, 0.1) is 5.92 Å². The Labute approximate surface area is 119 Å². The van der Waals surface area contributed by atoms with Crippen LogP contribution in [-0.2, 0) is 0 Å². The third-order valence-corrected chi connectivity index (χ3v) is 4.63. The highest BCUT2D eigenvalue weighted by atomic mass is 79.9. The van der Waals surface area contributed by atoms with Gasteiger partial charge in [0.2, 0.25) is 0 Å². The average Bonchev–Trinajstić information content (AvgIpc) is 2.40. The molecule has 1 aliphatic rings. The molecule has 0 aliphatic heterocycles. The van der Waals surface area contributed by atoms with E-state index >= 15 is 0 Å². The molecular formula is C16H24BrN. The molecule has 0 saturated heterocycles. The van der Waals surface area contributed by atoms with Gasteiger partial charge in [0, 0.05) is 10.5 Å². The minimum Gasteiger partial charge on any atom is -0.310 e. The molecule has 18 heavy (non-hydrogen) atoms. The third kappa shape index (κ3) is 4.40. The SMILES string of the molecule is CC(NCCC1CCCCC1)c1ccc(Br)cc1. The molecule has 1 aliphatic carbocycles. The van der Waals surface area contributed by atoms with Crippen LogP contribution >= 0.6 is 15.9 Å². The Kier molecular flexibility index (Phi) is 5.71. The molecular weight excluding hydrogens is 286 g/mol. The third-order valence-electron chi connectivity index (χ3n) is 4.10. The molecule has 1 fully saturated rings. The van der Waals surface area contributed by atoms with Crippen LogP contribution in [-0.4, -0.2) is 6.54 Å². The number of halogens is 1. The summed E-state index contributed by atoms with van der Waals surface area (Å²) in [7, 11) is 0. The molecule has 1 unspecified atom stereocenters. The van der Waals surface area contributed by atoms with Crippen molar-refractivity contribution in [2.24, 2.45) is 5.92 Å². The Morgan fingerprint density at radius 1 is 1.17 bits per heavy atom. The van der Waals surface area contributed by atoms with Crippen LogP contribution in [0.3, 0.4) is 0 Å². The van der Waals surface area contributed by atoms with Gasteiger partial charge in [0.15, 0.2) is 0 Å². The summed E-state index contributed by atoms with van der Waals surface area (Å²) in [6.45, 7) is 3.41. The predicted molar refractivity (Wildman–Crippen MR) is 81.8 cm³/mol. The van der Waals surface area contributed by atoms with Crippen molar-refractivity contribution in [3.63, 3.8) is 0 Å². The molecule has 0 amide bonds. The fraction of sp³-hybridized carbons (Fsp3) is 0.625. The summed E-state index contributed by atoms with van der Waals surface area (Å²) in [4.78, 5) is 0. The molecule has 2 heteroatoms. The van der Waals surface area contributed by atoms with E-state index in [2.05, 4.69) is 52.4 Å². The second-order valence-electron chi connectivity index (χ2n) is 5.52. The molecule has 1 aromatic carbocycles. The molecule has 0 bridgehead atoms. The van der Waals surface area contributed by atoms with Gasteiger partial charge in [0.25, 0.3) is 0 Å². The fourth-order valence-electron chi connectivity index (χ4n) is 2.85. The second kappa shape index (κ2) is 7.30. The maximum absolute atomic E-state index is 3.65. The molecule has 0 heterocycles. The smallest absolute Gasteiger partial charge is 0.0291 e. The summed E-state index contributed by atoms with van der Waals surface area (Å²) < 4.78 is 1.15. The molecule has 1 nitrogen and oxygen atoms in total. The maximum Gasteiger partial charge on any atom is 0.0291 e. The van der Waals surface area contributed by atoms with Crippen LogP contribution in [0.2, 0.25) is 0 Å². The van der Waals surface area contributed by atoms with E-state index in [9.17, 15) is 0 Å². The lowest BCUT2D eigenvalue weighted by molar-refractivity contribution is 0.329. The van der Waals surface area contributed by atoms with Crippen molar-refractivity contribution in [2.75, 3.05) is 6.54 Å². The number of hydrogen-bond donors (Lipinski definition) is 1. The number of hydrogen-bond acceptors (Lipinski definition) is 1. The Balaban J connectivity index is 1.70. The second-order valence-corrected chi connectivity index (χ2v) is 6.44. The van der Waals surface area contributed by atoms with E-state index in [1.165, 1.54) is 44.1 Å². The van der Waals surface area contributed by atoms with Gasteiger partial charge in [-0.25, -0.2) is 0 Å². The van der Waals surface area contributed by atoms with Crippen LogP contribution in [0.15, 0.2) is 28.7 Å². The standard InChI is InChI=1S/C16H24BrN/c1-13(15-7-9-16(17)10-8-15)18-12-11-14-5-3-2-4-6-14/h7-10,13-14,18H,2-6,11-12H2,1H3. The Morgan fingerprint density at radius 3 is 2.50 bits per heavy atom. The number of benzene rings is 1. The van der Waals surface area contributed by atoms with Crippen molar-refractivity contribution in [2.45, 2.75) is 51.5 Å². The van der Waals surface area contributed by atoms with Crippen LogP contribution < -0.4 is 5.32 Å². The summed E-state index contributed by atoms with van der Waals surface area (Å²) in [5.41, 5.74) is 1.38. The van der Waals surface area contributed by atoms with Gasteiger partial charge in [-0.2, -0.15) is 0 Å². The van der Waals surface area contributed by atoms with Crippen LogP contribution in [0.4, 0.5) is 0 Å². The van der Waals surface area contributed by atoms with Gasteiger partial charge in [0.05, 0.1) is 0 Å². The number of nitrogens with one attached hydrogen (secondary N) is 1. The van der Waals surface area contributed by atoms with E-state index in [1.54, 1.807) is 0 Å². The zero-order chi connectivity index (χ0) is 12.8. The highest BCUT2D eigenvalue weighted by molar-refractivity contribution is 9.10. The minimum atomic E-state index is 0.460. The topological polar surface area (TPSA) is 12.0 Å². The zero-order valence-corrected chi connectivity index (χ0v) is 12.9. The van der Waals surface area contributed by atoms with Gasteiger partial charge < -0.3 is 5.32 Å². The average molecular weight is 310 g/mol. The fourth-order valence-corrected chi connectivity index (χ4v) is 3.11. The molecule has 2 rings (SSSR count). The van der Waals surface area contributed by atoms with Gasteiger partial charge in [-0.05, 0) is 43.5 Å². The first-order valence-corrected chi connectivity index (χ1v) is 8.04. The van der Waals surface area contributed by atoms with Gasteiger partial charge in [-0.3, -0.25) is 0 Å². The quantitative estimate of drug-likeness (QED) is 0.800. The van der Waals surface area contributed by atoms with Crippen LogP contribution in [0.25, 0.3) is 0 Å². The van der Waals surface area contributed by atoms with E-state index in [1.807, 2.05) is 0 Å². The van der Waals surface area contributed by atoms with Crippen molar-refractivity contribution in [3.8, 4) is 0 Å². The van der Waals surface area contributed by atoms with Crippen LogP contribution in [0.5, 0.6) is 0 Å². The van der Waals surface area contributed by atoms with Crippen molar-refractivity contribution < 1.29 is 0 Å². The largest absolute Gasteiger partial charge is 0.310 e. The van der Waals surface area contributed by atoms with Gasteiger partial charge in [0.1, 0.15) is 0 Å². The molecule has 100 valence electrons. The normalized spacial score (nSPS) is 18.8. The molecule has 1 aromatic rings. The van der Waals surface area contributed by atoms with Crippen molar-refractivity contribution >= 4 is 15.9 Å². The van der Waals surface area contributed by atoms with Gasteiger partial charge >= 0.3 is 0 Å². The summed E-state index contributed by atoms with van der Waals surface area (Å²) in [5, 5.41) is 3.65. The minimum absolute atomic E-state index is 0.460. The predicted octanol–water partition coefficient (Wildman–Crippen LogP) is 5.07. The first-order chi connectivity index (χ1) is 8.75. The molecule has 1 N–H and O–H groups in total. The van der Waals surface area contributed by atoms with Crippen molar-refractivity contribution in [1.82, 2.24) is 5.32 Å². The highest BCUT2D eigenvalue weighted by Gasteiger charge is 2.13. The molecule has 0 spiro atoms. The highest BCUT2D eigenvalue weighted by Crippen LogP contribution is 2.26. The first-order valence-electron chi connectivity index (χ1n) is 7.24. The molecule has 0 radical (unpaired) electrons. The summed E-state index contributed by atoms with van der Waals surface area (Å²) in [6, 6.07) is 9.09.